The Morgan fingerprint density at radius 3 is 2.33 bits per heavy atom. The largest absolute Gasteiger partial charge is 0.616 e. The molecule has 0 bridgehead atoms. The van der Waals surface area contributed by atoms with Gasteiger partial charge in [-0.25, -0.2) is 4.79 Å². The number of primary amides is 1. The highest BCUT2D eigenvalue weighted by Gasteiger charge is 2.48. The molecule has 3 aliphatic rings. The highest BCUT2D eigenvalue weighted by molar-refractivity contribution is 7.90. The SMILES string of the molecule is CC1CN(C(=O)[C@@H](NC(=O)NC2(C[S+]([O-])Cc3ccco3)CCCCC2)C(C)(C)C)[C@H](C(=O)NC(CC2CC2)C(=O)C(N)=O)CC1(C)C. The molecule has 2 aliphatic carbocycles. The zero-order valence-electron chi connectivity index (χ0n) is 29.4. The molecule has 12 nitrogen and oxygen atoms in total. The fourth-order valence-corrected chi connectivity index (χ4v) is 8.54. The molecular weight excluding hydrogens is 634 g/mol. The first-order chi connectivity index (χ1) is 22.4. The van der Waals surface area contributed by atoms with Crippen molar-refractivity contribution in [1.82, 2.24) is 20.9 Å². The van der Waals surface area contributed by atoms with Gasteiger partial charge < -0.3 is 35.6 Å². The second-order valence-electron chi connectivity index (χ2n) is 16.1. The van der Waals surface area contributed by atoms with Crippen LogP contribution in [0.2, 0.25) is 0 Å². The van der Waals surface area contributed by atoms with Crippen LogP contribution in [-0.2, 0) is 36.1 Å². The molecular formula is C35H55N5O7S. The summed E-state index contributed by atoms with van der Waals surface area (Å²) < 4.78 is 18.6. The number of carbonyl (C=O) groups excluding carboxylic acids is 5. The summed E-state index contributed by atoms with van der Waals surface area (Å²) in [7, 11) is 0. The topological polar surface area (TPSA) is 187 Å². The number of hydrogen-bond acceptors (Lipinski definition) is 7. The molecule has 2 saturated carbocycles. The van der Waals surface area contributed by atoms with E-state index in [9.17, 15) is 28.5 Å². The lowest BCUT2D eigenvalue weighted by Gasteiger charge is -2.49. The van der Waals surface area contributed by atoms with Crippen molar-refractivity contribution in [2.45, 2.75) is 129 Å². The van der Waals surface area contributed by atoms with Gasteiger partial charge in [-0.15, -0.1) is 0 Å². The molecule has 1 aromatic heterocycles. The molecule has 13 heteroatoms. The van der Waals surface area contributed by atoms with Crippen molar-refractivity contribution >= 4 is 40.7 Å². The first-order valence-corrected chi connectivity index (χ1v) is 18.8. The maximum Gasteiger partial charge on any atom is 0.316 e. The molecule has 1 saturated heterocycles. The fraction of sp³-hybridized carbons (Fsp3) is 0.743. The number of rotatable bonds is 13. The van der Waals surface area contributed by atoms with Crippen LogP contribution in [0.5, 0.6) is 0 Å². The minimum Gasteiger partial charge on any atom is -0.616 e. The van der Waals surface area contributed by atoms with Gasteiger partial charge in [-0.1, -0.05) is 73.6 Å². The van der Waals surface area contributed by atoms with Crippen LogP contribution in [-0.4, -0.2) is 75.0 Å². The van der Waals surface area contributed by atoms with Gasteiger partial charge in [0.05, 0.1) is 17.8 Å². The molecule has 268 valence electrons. The van der Waals surface area contributed by atoms with Gasteiger partial charge in [-0.05, 0) is 71.7 Å². The molecule has 1 aromatic rings. The van der Waals surface area contributed by atoms with Crippen LogP contribution in [0, 0.1) is 22.7 Å². The van der Waals surface area contributed by atoms with Crippen LogP contribution in [0.4, 0.5) is 4.79 Å². The van der Waals surface area contributed by atoms with Gasteiger partial charge in [-0.2, -0.15) is 0 Å². The van der Waals surface area contributed by atoms with E-state index < -0.39 is 69.8 Å². The summed E-state index contributed by atoms with van der Waals surface area (Å²) in [4.78, 5) is 68.2. The Bertz CT molecular complexity index is 1320. The summed E-state index contributed by atoms with van der Waals surface area (Å²) >= 11 is -1.29. The van der Waals surface area contributed by atoms with Crippen molar-refractivity contribution in [3.05, 3.63) is 24.2 Å². The smallest absolute Gasteiger partial charge is 0.316 e. The summed E-state index contributed by atoms with van der Waals surface area (Å²) in [5.41, 5.74) is 3.59. The van der Waals surface area contributed by atoms with Crippen LogP contribution < -0.4 is 21.7 Å². The van der Waals surface area contributed by atoms with Crippen molar-refractivity contribution in [3.63, 3.8) is 0 Å². The number of furan rings is 1. The Hall–Kier alpha value is -3.06. The molecule has 0 spiro atoms. The van der Waals surface area contributed by atoms with E-state index in [0.717, 1.165) is 32.1 Å². The number of ketones is 1. The average molecular weight is 690 g/mol. The van der Waals surface area contributed by atoms with Crippen molar-refractivity contribution in [1.29, 1.82) is 0 Å². The molecule has 1 aliphatic heterocycles. The quantitative estimate of drug-likeness (QED) is 0.180. The second-order valence-corrected chi connectivity index (χ2v) is 17.6. The molecule has 5 amide bonds. The van der Waals surface area contributed by atoms with Crippen LogP contribution in [0.3, 0.4) is 0 Å². The standard InChI is InChI=1S/C35H55N5O7S/c1-22-19-40(26(18-34(22,5)6)30(43)37-25(17-23-12-13-23)27(41)29(36)42)31(44)28(33(2,3)4)38-32(45)39-35(14-8-7-9-15-35)21-48(46)20-24-11-10-16-47-24/h10-11,16,22-23,25-26,28H,7-9,12-15,17-21H2,1-6H3,(H2,36,42)(H,37,43)(H2,38,39,45)/t22?,25?,26-,28+,48?/m0/s1. The maximum atomic E-state index is 14.5. The van der Waals surface area contributed by atoms with Crippen molar-refractivity contribution in [2.75, 3.05) is 12.3 Å². The van der Waals surface area contributed by atoms with Crippen molar-refractivity contribution in [2.24, 2.45) is 28.4 Å². The Morgan fingerprint density at radius 2 is 1.77 bits per heavy atom. The van der Waals surface area contributed by atoms with E-state index in [1.165, 1.54) is 4.90 Å². The monoisotopic (exact) mass is 689 g/mol. The molecule has 5 atom stereocenters. The van der Waals surface area contributed by atoms with E-state index in [-0.39, 0.29) is 35.3 Å². The Kier molecular flexibility index (Phi) is 12.0. The molecule has 0 aromatic carbocycles. The van der Waals surface area contributed by atoms with E-state index in [1.54, 1.807) is 18.4 Å². The minimum absolute atomic E-state index is 0.0316. The minimum atomic E-state index is -1.29. The molecule has 0 radical (unpaired) electrons. The van der Waals surface area contributed by atoms with Gasteiger partial charge in [0.15, 0.2) is 11.5 Å². The summed E-state index contributed by atoms with van der Waals surface area (Å²) in [6, 6.07) is 0.0464. The third-order valence-corrected chi connectivity index (χ3v) is 12.0. The Labute approximate surface area is 287 Å². The highest BCUT2D eigenvalue weighted by atomic mass is 32.2. The number of likely N-dealkylation sites (tertiary alicyclic amines) is 1. The number of piperidine rings is 1. The summed E-state index contributed by atoms with van der Waals surface area (Å²) in [5, 5.41) is 8.84. The maximum absolute atomic E-state index is 14.5. The van der Waals surface area contributed by atoms with Gasteiger partial charge in [0.1, 0.15) is 17.8 Å². The van der Waals surface area contributed by atoms with E-state index in [4.69, 9.17) is 10.2 Å². The first kappa shape index (κ1) is 37.8. The molecule has 3 fully saturated rings. The normalized spacial score (nSPS) is 24.1. The molecule has 2 heterocycles. The van der Waals surface area contributed by atoms with E-state index in [0.29, 0.717) is 31.4 Å². The van der Waals surface area contributed by atoms with Gasteiger partial charge >= 0.3 is 6.03 Å². The molecule has 48 heavy (non-hydrogen) atoms. The predicted molar refractivity (Wildman–Crippen MR) is 183 cm³/mol. The van der Waals surface area contributed by atoms with Gasteiger partial charge in [-0.3, -0.25) is 19.2 Å². The highest BCUT2D eigenvalue weighted by Crippen LogP contribution is 2.40. The fourth-order valence-electron chi connectivity index (χ4n) is 6.98. The van der Waals surface area contributed by atoms with Gasteiger partial charge in [0.2, 0.25) is 17.6 Å². The van der Waals surface area contributed by atoms with Crippen LogP contribution >= 0.6 is 0 Å². The summed E-state index contributed by atoms with van der Waals surface area (Å²) in [5.74, 6) is -1.45. The lowest BCUT2D eigenvalue weighted by molar-refractivity contribution is -0.151. The third-order valence-electron chi connectivity index (χ3n) is 10.5. The number of Topliss-reactive ketones (excluding diaryl/α,β-unsaturated/α-hetero) is 1. The Balaban J connectivity index is 1.53. The Morgan fingerprint density at radius 1 is 1.10 bits per heavy atom. The zero-order valence-corrected chi connectivity index (χ0v) is 30.2. The predicted octanol–water partition coefficient (Wildman–Crippen LogP) is 3.55. The van der Waals surface area contributed by atoms with Crippen molar-refractivity contribution < 1.29 is 32.9 Å². The van der Waals surface area contributed by atoms with Gasteiger partial charge in [0, 0.05) is 6.54 Å². The second kappa shape index (κ2) is 15.2. The average Bonchev–Trinajstić information content (AvgIpc) is 3.67. The number of nitrogens with two attached hydrogens (primary N) is 1. The number of carbonyl (C=O) groups is 5. The van der Waals surface area contributed by atoms with Crippen LogP contribution in [0.25, 0.3) is 0 Å². The molecule has 4 rings (SSSR count). The number of urea groups is 1. The van der Waals surface area contributed by atoms with Gasteiger partial charge in [0.25, 0.3) is 5.91 Å². The number of hydrogen-bond donors (Lipinski definition) is 4. The lowest BCUT2D eigenvalue weighted by atomic mass is 9.71. The van der Waals surface area contributed by atoms with E-state index in [2.05, 4.69) is 16.0 Å². The molecule has 5 N–H and O–H groups in total. The van der Waals surface area contributed by atoms with Crippen LogP contribution in [0.1, 0.15) is 105 Å². The summed E-state index contributed by atoms with van der Waals surface area (Å²) in [6.45, 7) is 12.0. The van der Waals surface area contributed by atoms with E-state index in [1.807, 2.05) is 41.5 Å². The van der Waals surface area contributed by atoms with Crippen LogP contribution in [0.15, 0.2) is 22.8 Å². The number of nitrogens with one attached hydrogen (secondary N) is 3. The number of amides is 5. The first-order valence-electron chi connectivity index (χ1n) is 17.3. The number of nitrogens with zero attached hydrogens (tertiary/aromatic N) is 1. The third kappa shape index (κ3) is 9.77. The van der Waals surface area contributed by atoms with Crippen molar-refractivity contribution in [3.8, 4) is 0 Å². The molecule has 3 unspecified atom stereocenters. The lowest BCUT2D eigenvalue weighted by Crippen LogP contribution is -2.66. The zero-order chi connectivity index (χ0) is 35.4. The summed E-state index contributed by atoms with van der Waals surface area (Å²) in [6.07, 6.45) is 8.18. The van der Waals surface area contributed by atoms with E-state index >= 15 is 0 Å².